The highest BCUT2D eigenvalue weighted by atomic mass is 16.5. The Bertz CT molecular complexity index is 602. The molecule has 6 heteroatoms. The molecule has 0 saturated heterocycles. The maximum Gasteiger partial charge on any atom is 0.191 e. The van der Waals surface area contributed by atoms with Crippen molar-refractivity contribution in [3.63, 3.8) is 0 Å². The lowest BCUT2D eigenvalue weighted by molar-refractivity contribution is 0.172. The Labute approximate surface area is 170 Å². The molecule has 0 bridgehead atoms. The zero-order valence-electron chi connectivity index (χ0n) is 18.1. The molecule has 6 nitrogen and oxygen atoms in total. The Morgan fingerprint density at radius 2 is 2.04 bits per heavy atom. The summed E-state index contributed by atoms with van der Waals surface area (Å²) in [5.41, 5.74) is 2.30. The summed E-state index contributed by atoms with van der Waals surface area (Å²) in [6.45, 7) is 12.3. The fourth-order valence-corrected chi connectivity index (χ4v) is 3.17. The molecule has 158 valence electrons. The Hall–Kier alpha value is -1.79. The number of aliphatic imine (C=N–C) groups is 1. The number of likely N-dealkylation sites (N-methyl/N-ethyl adjacent to an activating group) is 1. The molecular weight excluding hydrogens is 352 g/mol. The van der Waals surface area contributed by atoms with Crippen molar-refractivity contribution in [1.82, 2.24) is 15.5 Å². The molecule has 2 N–H and O–H groups in total. The van der Waals surface area contributed by atoms with Crippen LogP contribution >= 0.6 is 0 Å². The molecule has 1 aliphatic rings. The maximum absolute atomic E-state index is 5.98. The minimum atomic E-state index is 0.593. The van der Waals surface area contributed by atoms with E-state index in [1.807, 2.05) is 0 Å². The number of rotatable bonds is 13. The van der Waals surface area contributed by atoms with Gasteiger partial charge in [0.2, 0.25) is 0 Å². The molecule has 0 aromatic heterocycles. The highest BCUT2D eigenvalue weighted by Crippen LogP contribution is 2.25. The first-order chi connectivity index (χ1) is 13.7. The normalized spacial score (nSPS) is 14.4. The molecule has 0 heterocycles. The van der Waals surface area contributed by atoms with Gasteiger partial charge in [0, 0.05) is 51.4 Å². The van der Waals surface area contributed by atoms with Gasteiger partial charge in [0.05, 0.1) is 13.2 Å². The second-order valence-corrected chi connectivity index (χ2v) is 7.29. The number of methoxy groups -OCH3 is 1. The number of hydrogen-bond donors (Lipinski definition) is 2. The quantitative estimate of drug-likeness (QED) is 0.308. The van der Waals surface area contributed by atoms with Crippen LogP contribution in [-0.2, 0) is 11.3 Å². The highest BCUT2D eigenvalue weighted by Gasteiger charge is 2.27. The summed E-state index contributed by atoms with van der Waals surface area (Å²) < 4.78 is 11.1. The van der Waals surface area contributed by atoms with E-state index in [1.54, 1.807) is 7.11 Å². The van der Waals surface area contributed by atoms with Crippen molar-refractivity contribution in [1.29, 1.82) is 0 Å². The molecule has 1 aromatic rings. The summed E-state index contributed by atoms with van der Waals surface area (Å²) in [4.78, 5) is 7.32. The zero-order valence-corrected chi connectivity index (χ0v) is 18.1. The number of hydrogen-bond acceptors (Lipinski definition) is 4. The fourth-order valence-electron chi connectivity index (χ4n) is 3.17. The van der Waals surface area contributed by atoms with Gasteiger partial charge in [0.1, 0.15) is 5.75 Å². The van der Waals surface area contributed by atoms with E-state index in [-0.39, 0.29) is 0 Å². The summed E-state index contributed by atoms with van der Waals surface area (Å²) in [6, 6.07) is 7.12. The van der Waals surface area contributed by atoms with Gasteiger partial charge in [-0.05, 0) is 44.9 Å². The van der Waals surface area contributed by atoms with Gasteiger partial charge in [-0.2, -0.15) is 0 Å². The average molecular weight is 391 g/mol. The monoisotopic (exact) mass is 390 g/mol. The van der Waals surface area contributed by atoms with Crippen molar-refractivity contribution >= 4 is 5.96 Å². The van der Waals surface area contributed by atoms with E-state index in [2.05, 4.69) is 54.5 Å². The molecular formula is C22H38N4O2. The summed E-state index contributed by atoms with van der Waals surface area (Å²) >= 11 is 0. The molecule has 1 saturated carbocycles. The first kappa shape index (κ1) is 22.5. The van der Waals surface area contributed by atoms with E-state index in [4.69, 9.17) is 14.5 Å². The SMILES string of the molecule is CCNC(=NCc1ccc(C)cc1OCCCOC)NCCN(CC)C1CC1. The molecule has 0 amide bonds. The van der Waals surface area contributed by atoms with Crippen molar-refractivity contribution in [3.05, 3.63) is 29.3 Å². The number of benzene rings is 1. The third-order valence-electron chi connectivity index (χ3n) is 4.89. The van der Waals surface area contributed by atoms with Crippen LogP contribution in [0.4, 0.5) is 0 Å². The topological polar surface area (TPSA) is 58.1 Å². The lowest BCUT2D eigenvalue weighted by atomic mass is 10.1. The lowest BCUT2D eigenvalue weighted by Crippen LogP contribution is -2.42. The molecule has 0 aliphatic heterocycles. The molecule has 0 spiro atoms. The van der Waals surface area contributed by atoms with Crippen LogP contribution in [0.2, 0.25) is 0 Å². The van der Waals surface area contributed by atoms with E-state index in [1.165, 1.54) is 18.4 Å². The second kappa shape index (κ2) is 12.6. The van der Waals surface area contributed by atoms with Crippen LogP contribution in [0, 0.1) is 6.92 Å². The third kappa shape index (κ3) is 8.07. The zero-order chi connectivity index (χ0) is 20.2. The Morgan fingerprint density at radius 3 is 2.71 bits per heavy atom. The van der Waals surface area contributed by atoms with Crippen molar-refractivity contribution in [2.75, 3.05) is 46.5 Å². The molecule has 0 unspecified atom stereocenters. The van der Waals surface area contributed by atoms with Crippen LogP contribution in [0.1, 0.15) is 44.2 Å². The standard InChI is InChI=1S/C22H38N4O2/c1-5-23-22(24-12-13-26(6-2)20-10-11-20)25-17-19-9-8-18(3)16-21(19)28-15-7-14-27-4/h8-9,16,20H,5-7,10-15,17H2,1-4H3,(H2,23,24,25). The Kier molecular flexibility index (Phi) is 10.1. The number of ether oxygens (including phenoxy) is 2. The number of nitrogens with zero attached hydrogens (tertiary/aromatic N) is 2. The predicted molar refractivity (Wildman–Crippen MR) is 116 cm³/mol. The smallest absolute Gasteiger partial charge is 0.191 e. The van der Waals surface area contributed by atoms with Crippen molar-refractivity contribution in [2.24, 2.45) is 4.99 Å². The highest BCUT2D eigenvalue weighted by molar-refractivity contribution is 5.79. The van der Waals surface area contributed by atoms with Gasteiger partial charge < -0.3 is 20.1 Å². The largest absolute Gasteiger partial charge is 0.493 e. The van der Waals surface area contributed by atoms with E-state index in [0.717, 1.165) is 55.9 Å². The molecule has 28 heavy (non-hydrogen) atoms. The van der Waals surface area contributed by atoms with Crippen LogP contribution in [0.5, 0.6) is 5.75 Å². The van der Waals surface area contributed by atoms with Crippen LogP contribution < -0.4 is 15.4 Å². The number of aryl methyl sites for hydroxylation is 1. The fraction of sp³-hybridized carbons (Fsp3) is 0.682. The second-order valence-electron chi connectivity index (χ2n) is 7.29. The van der Waals surface area contributed by atoms with Crippen molar-refractivity contribution < 1.29 is 9.47 Å². The molecule has 2 rings (SSSR count). The minimum Gasteiger partial charge on any atom is -0.493 e. The average Bonchev–Trinajstić information content (AvgIpc) is 3.53. The van der Waals surface area contributed by atoms with Crippen molar-refractivity contribution in [2.45, 2.75) is 52.6 Å². The number of nitrogens with one attached hydrogen (secondary N) is 2. The maximum atomic E-state index is 5.98. The lowest BCUT2D eigenvalue weighted by Gasteiger charge is -2.20. The van der Waals surface area contributed by atoms with E-state index in [9.17, 15) is 0 Å². The van der Waals surface area contributed by atoms with Crippen LogP contribution in [0.25, 0.3) is 0 Å². The molecule has 1 fully saturated rings. The van der Waals surface area contributed by atoms with Gasteiger partial charge in [-0.15, -0.1) is 0 Å². The molecule has 1 aromatic carbocycles. The minimum absolute atomic E-state index is 0.593. The van der Waals surface area contributed by atoms with E-state index < -0.39 is 0 Å². The van der Waals surface area contributed by atoms with Gasteiger partial charge >= 0.3 is 0 Å². The Balaban J connectivity index is 1.91. The van der Waals surface area contributed by atoms with Gasteiger partial charge in [-0.3, -0.25) is 4.90 Å². The van der Waals surface area contributed by atoms with E-state index in [0.29, 0.717) is 19.8 Å². The summed E-state index contributed by atoms with van der Waals surface area (Å²) in [7, 11) is 1.71. The number of guanidine groups is 1. The summed E-state index contributed by atoms with van der Waals surface area (Å²) in [5, 5.41) is 6.81. The van der Waals surface area contributed by atoms with Gasteiger partial charge in [-0.1, -0.05) is 19.1 Å². The first-order valence-electron chi connectivity index (χ1n) is 10.6. The van der Waals surface area contributed by atoms with E-state index >= 15 is 0 Å². The Morgan fingerprint density at radius 1 is 1.21 bits per heavy atom. The molecule has 1 aliphatic carbocycles. The van der Waals surface area contributed by atoms with Crippen LogP contribution in [0.3, 0.4) is 0 Å². The van der Waals surface area contributed by atoms with Crippen LogP contribution in [-0.4, -0.2) is 63.4 Å². The summed E-state index contributed by atoms with van der Waals surface area (Å²) in [6.07, 6.45) is 3.58. The molecule has 0 radical (unpaired) electrons. The third-order valence-corrected chi connectivity index (χ3v) is 4.89. The van der Waals surface area contributed by atoms with Crippen molar-refractivity contribution in [3.8, 4) is 5.75 Å². The van der Waals surface area contributed by atoms with Gasteiger partial charge in [0.25, 0.3) is 0 Å². The summed E-state index contributed by atoms with van der Waals surface area (Å²) in [5.74, 6) is 1.78. The molecule has 0 atom stereocenters. The van der Waals surface area contributed by atoms with Crippen LogP contribution in [0.15, 0.2) is 23.2 Å². The van der Waals surface area contributed by atoms with Gasteiger partial charge in [-0.25, -0.2) is 4.99 Å². The van der Waals surface area contributed by atoms with Gasteiger partial charge in [0.15, 0.2) is 5.96 Å². The first-order valence-corrected chi connectivity index (χ1v) is 10.6. The predicted octanol–water partition coefficient (Wildman–Crippen LogP) is 2.95.